The number of aromatic nitrogens is 2. The van der Waals surface area contributed by atoms with Gasteiger partial charge in [0.1, 0.15) is 0 Å². The first-order valence-electron chi connectivity index (χ1n) is 12.2. The maximum absolute atomic E-state index is 13.8. The molecule has 11 heteroatoms. The molecule has 1 atom stereocenters. The van der Waals surface area contributed by atoms with E-state index in [2.05, 4.69) is 4.98 Å². The highest BCUT2D eigenvalue weighted by molar-refractivity contribution is 7.89. The quantitative estimate of drug-likeness (QED) is 0.285. The molecule has 0 bridgehead atoms. The van der Waals surface area contributed by atoms with Crippen LogP contribution in [0.5, 0.6) is 0 Å². The molecule has 1 aliphatic rings. The van der Waals surface area contributed by atoms with Gasteiger partial charge in [-0.15, -0.1) is 0 Å². The van der Waals surface area contributed by atoms with Gasteiger partial charge in [0.05, 0.1) is 33.5 Å². The fourth-order valence-corrected chi connectivity index (χ4v) is 7.04. The largest absolute Gasteiger partial charge is 0.377 e. The van der Waals surface area contributed by atoms with Crippen LogP contribution < -0.4 is 4.90 Å². The third-order valence-electron chi connectivity index (χ3n) is 6.46. The van der Waals surface area contributed by atoms with Crippen LogP contribution in [0.1, 0.15) is 34.5 Å². The molecular weight excluding hydrogens is 544 g/mol. The number of ether oxygens (including phenoxy) is 1. The third-order valence-corrected chi connectivity index (χ3v) is 9.54. The molecule has 1 unspecified atom stereocenters. The van der Waals surface area contributed by atoms with E-state index in [1.807, 2.05) is 37.3 Å². The molecule has 1 amide bonds. The Morgan fingerprint density at radius 2 is 1.97 bits per heavy atom. The number of hydrogen-bond donors (Lipinski definition) is 0. The lowest BCUT2D eigenvalue weighted by atomic mass is 10.2. The van der Waals surface area contributed by atoms with Crippen LogP contribution in [0.4, 0.5) is 5.13 Å². The Labute approximate surface area is 230 Å². The Balaban J connectivity index is 1.44. The maximum Gasteiger partial charge on any atom is 0.260 e. The molecule has 0 N–H and O–H groups in total. The number of pyridine rings is 1. The van der Waals surface area contributed by atoms with E-state index in [1.54, 1.807) is 18.1 Å². The van der Waals surface area contributed by atoms with Crippen molar-refractivity contribution in [2.75, 3.05) is 25.1 Å². The van der Waals surface area contributed by atoms with Crippen molar-refractivity contribution in [1.29, 1.82) is 0 Å². The number of hydrogen-bond acceptors (Lipinski definition) is 7. The van der Waals surface area contributed by atoms with Crippen LogP contribution in [-0.2, 0) is 21.3 Å². The topological polar surface area (TPSA) is 92.7 Å². The number of carbonyl (C=O) groups is 1. The van der Waals surface area contributed by atoms with Crippen molar-refractivity contribution in [3.8, 4) is 0 Å². The molecule has 5 rings (SSSR count). The lowest BCUT2D eigenvalue weighted by molar-refractivity contribution is 0.0978. The fraction of sp³-hybridized carbons (Fsp3) is 0.296. The van der Waals surface area contributed by atoms with E-state index < -0.39 is 10.0 Å². The summed E-state index contributed by atoms with van der Waals surface area (Å²) in [6.45, 7) is 3.08. The van der Waals surface area contributed by atoms with Crippen molar-refractivity contribution in [3.63, 3.8) is 0 Å². The van der Waals surface area contributed by atoms with Crippen molar-refractivity contribution < 1.29 is 17.9 Å². The minimum absolute atomic E-state index is 0.0943. The summed E-state index contributed by atoms with van der Waals surface area (Å²) >= 11 is 7.62. The zero-order valence-corrected chi connectivity index (χ0v) is 23.4. The first kappa shape index (κ1) is 26.7. The molecule has 0 radical (unpaired) electrons. The standard InChI is InChI=1S/C27H27ClN4O4S2/c1-18-14-20(28)15-24-25(18)30-27(37-24)32(16-21-6-3-4-12-29-21)26(33)19-8-10-23(11-9-19)38(34,35)31(2)17-22-7-5-13-36-22/h3-4,6,8-12,14-15,22H,5,7,13,16-17H2,1-2H3. The minimum Gasteiger partial charge on any atom is -0.377 e. The van der Waals surface area contributed by atoms with Gasteiger partial charge in [0.15, 0.2) is 5.13 Å². The summed E-state index contributed by atoms with van der Waals surface area (Å²) in [5.74, 6) is -0.310. The maximum atomic E-state index is 13.8. The van der Waals surface area contributed by atoms with Crippen molar-refractivity contribution in [1.82, 2.24) is 14.3 Å². The number of anilines is 1. The van der Waals surface area contributed by atoms with Gasteiger partial charge >= 0.3 is 0 Å². The van der Waals surface area contributed by atoms with Gasteiger partial charge in [-0.3, -0.25) is 14.7 Å². The molecule has 1 fully saturated rings. The molecular formula is C27H27ClN4O4S2. The second-order valence-electron chi connectivity index (χ2n) is 9.22. The minimum atomic E-state index is -3.72. The third kappa shape index (κ3) is 5.60. The molecule has 0 spiro atoms. The van der Waals surface area contributed by atoms with E-state index in [-0.39, 0.29) is 23.5 Å². The van der Waals surface area contributed by atoms with Gasteiger partial charge in [-0.25, -0.2) is 13.4 Å². The first-order valence-corrected chi connectivity index (χ1v) is 14.8. The van der Waals surface area contributed by atoms with Crippen LogP contribution in [0.25, 0.3) is 10.2 Å². The fourth-order valence-electron chi connectivity index (χ4n) is 4.42. The highest BCUT2D eigenvalue weighted by atomic mass is 35.5. The van der Waals surface area contributed by atoms with E-state index in [1.165, 1.54) is 39.9 Å². The molecule has 4 aromatic rings. The van der Waals surface area contributed by atoms with E-state index in [0.717, 1.165) is 28.6 Å². The van der Waals surface area contributed by atoms with Crippen molar-refractivity contribution >= 4 is 54.2 Å². The van der Waals surface area contributed by atoms with Gasteiger partial charge in [0.2, 0.25) is 10.0 Å². The zero-order chi connectivity index (χ0) is 26.9. The average molecular weight is 571 g/mol. The normalized spacial score (nSPS) is 15.8. The lowest BCUT2D eigenvalue weighted by Gasteiger charge is -2.21. The number of nitrogens with zero attached hydrogens (tertiary/aromatic N) is 4. The number of likely N-dealkylation sites (N-methyl/N-ethyl adjacent to an activating group) is 1. The Morgan fingerprint density at radius 1 is 1.18 bits per heavy atom. The second kappa shape index (κ2) is 11.1. The summed E-state index contributed by atoms with van der Waals surface area (Å²) in [5.41, 5.74) is 2.74. The summed E-state index contributed by atoms with van der Waals surface area (Å²) < 4.78 is 34.0. The molecule has 1 aliphatic heterocycles. The molecule has 38 heavy (non-hydrogen) atoms. The second-order valence-corrected chi connectivity index (χ2v) is 12.7. The number of aryl methyl sites for hydroxylation is 1. The number of rotatable bonds is 8. The summed E-state index contributed by atoms with van der Waals surface area (Å²) in [6.07, 6.45) is 3.36. The van der Waals surface area contributed by atoms with Gasteiger partial charge in [-0.2, -0.15) is 4.31 Å². The number of halogens is 1. The lowest BCUT2D eigenvalue weighted by Crippen LogP contribution is -2.34. The van der Waals surface area contributed by atoms with Crippen LogP contribution in [0.3, 0.4) is 0 Å². The van der Waals surface area contributed by atoms with E-state index in [4.69, 9.17) is 21.3 Å². The van der Waals surface area contributed by atoms with Crippen LogP contribution in [-0.4, -0.2) is 54.9 Å². The number of sulfonamides is 1. The Hall–Kier alpha value is -2.89. The molecule has 1 saturated heterocycles. The van der Waals surface area contributed by atoms with Gasteiger partial charge in [-0.1, -0.05) is 29.0 Å². The molecule has 2 aromatic carbocycles. The molecule has 8 nitrogen and oxygen atoms in total. The summed E-state index contributed by atoms with van der Waals surface area (Å²) in [4.78, 5) is 24.6. The van der Waals surface area contributed by atoms with Gasteiger partial charge in [0, 0.05) is 37.0 Å². The van der Waals surface area contributed by atoms with Crippen LogP contribution in [0, 0.1) is 6.92 Å². The van der Waals surface area contributed by atoms with Gasteiger partial charge in [-0.05, 0) is 73.9 Å². The number of amides is 1. The summed E-state index contributed by atoms with van der Waals surface area (Å²) in [6, 6.07) is 15.2. The van der Waals surface area contributed by atoms with Crippen molar-refractivity contribution in [2.45, 2.75) is 37.3 Å². The van der Waals surface area contributed by atoms with Crippen molar-refractivity contribution in [2.24, 2.45) is 0 Å². The predicted molar refractivity (Wildman–Crippen MR) is 149 cm³/mol. The average Bonchev–Trinajstić information content (AvgIpc) is 3.57. The Kier molecular flexibility index (Phi) is 7.78. The van der Waals surface area contributed by atoms with Crippen LogP contribution in [0.15, 0.2) is 65.7 Å². The summed E-state index contributed by atoms with van der Waals surface area (Å²) in [7, 11) is -2.17. The zero-order valence-electron chi connectivity index (χ0n) is 21.0. The molecule has 3 heterocycles. The number of fused-ring (bicyclic) bond motifs is 1. The Morgan fingerprint density at radius 3 is 2.66 bits per heavy atom. The van der Waals surface area contributed by atoms with E-state index in [0.29, 0.717) is 34.6 Å². The SMILES string of the molecule is Cc1cc(Cl)cc2sc(N(Cc3ccccn3)C(=O)c3ccc(S(=O)(=O)N(C)CC4CCCO4)cc3)nc12. The molecule has 0 saturated carbocycles. The molecule has 2 aromatic heterocycles. The van der Waals surface area contributed by atoms with Gasteiger partial charge in [0.25, 0.3) is 5.91 Å². The number of thiazole rings is 1. The smallest absolute Gasteiger partial charge is 0.260 e. The van der Waals surface area contributed by atoms with Gasteiger partial charge < -0.3 is 4.74 Å². The highest BCUT2D eigenvalue weighted by Crippen LogP contribution is 2.34. The monoisotopic (exact) mass is 570 g/mol. The van der Waals surface area contributed by atoms with Crippen LogP contribution in [0.2, 0.25) is 5.02 Å². The van der Waals surface area contributed by atoms with Crippen LogP contribution >= 0.6 is 22.9 Å². The van der Waals surface area contributed by atoms with E-state index in [9.17, 15) is 13.2 Å². The first-order chi connectivity index (χ1) is 18.2. The predicted octanol–water partition coefficient (Wildman–Crippen LogP) is 5.30. The number of carbonyl (C=O) groups excluding carboxylic acids is 1. The number of benzene rings is 2. The molecule has 0 aliphatic carbocycles. The Bertz CT molecular complexity index is 1550. The van der Waals surface area contributed by atoms with E-state index >= 15 is 0 Å². The summed E-state index contributed by atoms with van der Waals surface area (Å²) in [5, 5.41) is 1.11. The molecule has 198 valence electrons. The van der Waals surface area contributed by atoms with Crippen molar-refractivity contribution in [3.05, 3.63) is 82.6 Å². The highest BCUT2D eigenvalue weighted by Gasteiger charge is 2.27.